The van der Waals surface area contributed by atoms with Crippen LogP contribution in [0.1, 0.15) is 43.5 Å². The number of morpholine rings is 1. The summed E-state index contributed by atoms with van der Waals surface area (Å²) in [4.78, 5) is 29.4. The number of carbonyl (C=O) groups is 2. The standard InChI is InChI=1S/C28H29NO3/c1-21(24-17-11-6-12-18-24)29-25(30)28(3,20-23-15-9-5-10-16-23)32-26(31)27(29,2)19-22-13-7-4-8-14-22/h4-18,21H,19-20H2,1-3H3/t21-,27+,28+/m1/s1. The van der Waals surface area contributed by atoms with Gasteiger partial charge in [-0.05, 0) is 37.5 Å². The highest BCUT2D eigenvalue weighted by Gasteiger charge is 2.58. The zero-order valence-corrected chi connectivity index (χ0v) is 18.8. The van der Waals surface area contributed by atoms with Gasteiger partial charge >= 0.3 is 5.97 Å². The van der Waals surface area contributed by atoms with Crippen molar-refractivity contribution >= 4 is 11.9 Å². The Morgan fingerprint density at radius 3 is 1.75 bits per heavy atom. The van der Waals surface area contributed by atoms with E-state index in [9.17, 15) is 9.59 Å². The maximum atomic E-state index is 14.1. The fourth-order valence-electron chi connectivity index (χ4n) is 4.67. The summed E-state index contributed by atoms with van der Waals surface area (Å²) in [6.07, 6.45) is 0.717. The van der Waals surface area contributed by atoms with Crippen molar-refractivity contribution in [2.75, 3.05) is 0 Å². The Kier molecular flexibility index (Phi) is 5.88. The van der Waals surface area contributed by atoms with Gasteiger partial charge in [-0.15, -0.1) is 0 Å². The van der Waals surface area contributed by atoms with E-state index in [-0.39, 0.29) is 17.9 Å². The third-order valence-electron chi connectivity index (χ3n) is 6.41. The van der Waals surface area contributed by atoms with Crippen molar-refractivity contribution in [2.24, 2.45) is 0 Å². The molecule has 1 fully saturated rings. The van der Waals surface area contributed by atoms with E-state index < -0.39 is 11.1 Å². The van der Waals surface area contributed by atoms with Crippen LogP contribution in [0.4, 0.5) is 0 Å². The molecule has 0 aromatic heterocycles. The van der Waals surface area contributed by atoms with Gasteiger partial charge in [0.2, 0.25) is 0 Å². The number of hydrogen-bond acceptors (Lipinski definition) is 3. The number of rotatable bonds is 6. The molecule has 1 amide bonds. The van der Waals surface area contributed by atoms with Gasteiger partial charge < -0.3 is 9.64 Å². The number of esters is 1. The molecule has 3 aromatic carbocycles. The molecule has 3 atom stereocenters. The predicted octanol–water partition coefficient (Wildman–Crippen LogP) is 5.14. The quantitative estimate of drug-likeness (QED) is 0.512. The van der Waals surface area contributed by atoms with Crippen molar-refractivity contribution in [3.05, 3.63) is 108 Å². The van der Waals surface area contributed by atoms with Crippen LogP contribution in [-0.4, -0.2) is 27.9 Å². The van der Waals surface area contributed by atoms with Crippen molar-refractivity contribution < 1.29 is 14.3 Å². The van der Waals surface area contributed by atoms with E-state index in [0.717, 1.165) is 16.7 Å². The van der Waals surface area contributed by atoms with Crippen LogP contribution in [0.25, 0.3) is 0 Å². The molecule has 0 unspecified atom stereocenters. The SMILES string of the molecule is C[C@H](c1ccccc1)N1C(=O)[C@](C)(Cc2ccccc2)OC(=O)[C@]1(C)Cc1ccccc1. The molecular weight excluding hydrogens is 398 g/mol. The summed E-state index contributed by atoms with van der Waals surface area (Å²) in [7, 11) is 0. The minimum atomic E-state index is -1.27. The second-order valence-corrected chi connectivity index (χ2v) is 8.98. The Bertz CT molecular complexity index is 1080. The summed E-state index contributed by atoms with van der Waals surface area (Å²) in [6, 6.07) is 29.0. The minimum absolute atomic E-state index is 0.171. The van der Waals surface area contributed by atoms with Crippen LogP contribution in [0.2, 0.25) is 0 Å². The molecule has 0 radical (unpaired) electrons. The van der Waals surface area contributed by atoms with E-state index in [4.69, 9.17) is 4.74 Å². The van der Waals surface area contributed by atoms with Gasteiger partial charge in [0.15, 0.2) is 5.60 Å². The lowest BCUT2D eigenvalue weighted by Crippen LogP contribution is -2.69. The van der Waals surface area contributed by atoms with Gasteiger partial charge in [0, 0.05) is 12.8 Å². The molecule has 0 aliphatic carbocycles. The molecule has 1 heterocycles. The number of benzene rings is 3. The Hall–Kier alpha value is -3.40. The maximum absolute atomic E-state index is 14.1. The van der Waals surface area contributed by atoms with Gasteiger partial charge in [-0.1, -0.05) is 91.0 Å². The summed E-state index contributed by atoms with van der Waals surface area (Å²) in [6.45, 7) is 5.53. The van der Waals surface area contributed by atoms with Crippen LogP contribution < -0.4 is 0 Å². The highest BCUT2D eigenvalue weighted by atomic mass is 16.6. The number of ether oxygens (including phenoxy) is 1. The molecule has 4 rings (SSSR count). The van der Waals surface area contributed by atoms with Crippen LogP contribution in [0, 0.1) is 0 Å². The van der Waals surface area contributed by atoms with Crippen LogP contribution >= 0.6 is 0 Å². The molecule has 0 bridgehead atoms. The molecule has 0 N–H and O–H groups in total. The van der Waals surface area contributed by atoms with Crippen LogP contribution in [-0.2, 0) is 27.2 Å². The minimum Gasteiger partial charge on any atom is -0.447 e. The smallest absolute Gasteiger partial charge is 0.333 e. The molecule has 4 heteroatoms. The summed E-state index contributed by atoms with van der Waals surface area (Å²) in [5.74, 6) is -0.544. The second kappa shape index (κ2) is 8.62. The monoisotopic (exact) mass is 427 g/mol. The zero-order valence-electron chi connectivity index (χ0n) is 18.8. The number of amides is 1. The highest BCUT2D eigenvalue weighted by molar-refractivity contribution is 5.98. The number of nitrogens with zero attached hydrogens (tertiary/aromatic N) is 1. The van der Waals surface area contributed by atoms with Crippen LogP contribution in [0.5, 0.6) is 0 Å². The molecule has 0 spiro atoms. The number of carbonyl (C=O) groups excluding carboxylic acids is 2. The first-order chi connectivity index (χ1) is 15.3. The Morgan fingerprint density at radius 1 is 0.750 bits per heavy atom. The molecule has 1 aliphatic rings. The zero-order chi connectivity index (χ0) is 22.8. The average Bonchev–Trinajstić information content (AvgIpc) is 2.80. The fourth-order valence-corrected chi connectivity index (χ4v) is 4.67. The first kappa shape index (κ1) is 21.8. The van der Waals surface area contributed by atoms with Crippen LogP contribution in [0.15, 0.2) is 91.0 Å². The molecule has 32 heavy (non-hydrogen) atoms. The van der Waals surface area contributed by atoms with Gasteiger partial charge in [0.25, 0.3) is 5.91 Å². The largest absolute Gasteiger partial charge is 0.447 e. The molecule has 1 saturated heterocycles. The first-order valence-corrected chi connectivity index (χ1v) is 11.0. The summed E-state index contributed by atoms with van der Waals surface area (Å²) < 4.78 is 5.96. The predicted molar refractivity (Wildman–Crippen MR) is 125 cm³/mol. The maximum Gasteiger partial charge on any atom is 0.333 e. The van der Waals surface area contributed by atoms with E-state index in [0.29, 0.717) is 12.8 Å². The lowest BCUT2D eigenvalue weighted by atomic mass is 9.82. The van der Waals surface area contributed by atoms with E-state index in [1.807, 2.05) is 105 Å². The van der Waals surface area contributed by atoms with Gasteiger partial charge in [0.05, 0.1) is 6.04 Å². The normalized spacial score (nSPS) is 24.2. The molecule has 0 saturated carbocycles. The Morgan fingerprint density at radius 2 is 1.22 bits per heavy atom. The lowest BCUT2D eigenvalue weighted by molar-refractivity contribution is -0.203. The Balaban J connectivity index is 1.77. The van der Waals surface area contributed by atoms with Crippen molar-refractivity contribution in [1.29, 1.82) is 0 Å². The van der Waals surface area contributed by atoms with Crippen molar-refractivity contribution in [3.8, 4) is 0 Å². The van der Waals surface area contributed by atoms with Crippen molar-refractivity contribution in [1.82, 2.24) is 4.90 Å². The number of cyclic esters (lactones) is 1. The van der Waals surface area contributed by atoms with Gasteiger partial charge in [-0.3, -0.25) is 4.79 Å². The highest BCUT2D eigenvalue weighted by Crippen LogP contribution is 2.40. The Labute approximate surface area is 189 Å². The van der Waals surface area contributed by atoms with Gasteiger partial charge in [-0.2, -0.15) is 0 Å². The van der Waals surface area contributed by atoms with E-state index in [1.54, 1.807) is 11.8 Å². The molecular formula is C28H29NO3. The summed E-state index contributed by atoms with van der Waals surface area (Å²) in [5.41, 5.74) is 0.533. The summed E-state index contributed by atoms with van der Waals surface area (Å²) in [5, 5.41) is 0. The van der Waals surface area contributed by atoms with E-state index in [2.05, 4.69) is 0 Å². The fraction of sp³-hybridized carbons (Fsp3) is 0.286. The van der Waals surface area contributed by atoms with Gasteiger partial charge in [0.1, 0.15) is 5.54 Å². The van der Waals surface area contributed by atoms with E-state index in [1.165, 1.54) is 0 Å². The molecule has 4 nitrogen and oxygen atoms in total. The lowest BCUT2D eigenvalue weighted by Gasteiger charge is -2.51. The van der Waals surface area contributed by atoms with Crippen molar-refractivity contribution in [2.45, 2.75) is 50.8 Å². The first-order valence-electron chi connectivity index (χ1n) is 11.0. The van der Waals surface area contributed by atoms with Gasteiger partial charge in [-0.25, -0.2) is 4.79 Å². The average molecular weight is 428 g/mol. The molecule has 3 aromatic rings. The summed E-state index contributed by atoms with van der Waals surface area (Å²) >= 11 is 0. The number of hydrogen-bond donors (Lipinski definition) is 0. The second-order valence-electron chi connectivity index (χ2n) is 8.98. The molecule has 1 aliphatic heterocycles. The van der Waals surface area contributed by atoms with Crippen LogP contribution in [0.3, 0.4) is 0 Å². The topological polar surface area (TPSA) is 46.6 Å². The van der Waals surface area contributed by atoms with Crippen molar-refractivity contribution in [3.63, 3.8) is 0 Å². The van der Waals surface area contributed by atoms with E-state index >= 15 is 0 Å². The molecule has 164 valence electrons. The third-order valence-corrected chi connectivity index (χ3v) is 6.41. The third kappa shape index (κ3) is 4.05.